The standard InChI is InChI=1S/C22H24N6O4/c1-14-7-16(8-23-20(14)30-2)27-6-4-19-18(10-27)21(25-13-24-19)32-17-3-5-28(9-17)22-26-15(11-29)12-31-22/h7-8,11-13,17H,3-6,9-10H2,1-2H3. The first kappa shape index (κ1) is 20.2. The Bertz CT molecular complexity index is 1130. The van der Waals surface area contributed by atoms with Crippen LogP contribution in [0.1, 0.15) is 33.7 Å². The number of fused-ring (bicyclic) bond motifs is 1. The van der Waals surface area contributed by atoms with Gasteiger partial charge in [-0.2, -0.15) is 4.98 Å². The Morgan fingerprint density at radius 2 is 2.09 bits per heavy atom. The predicted octanol–water partition coefficient (Wildman–Crippen LogP) is 2.21. The Kier molecular flexibility index (Phi) is 5.34. The molecule has 0 bridgehead atoms. The summed E-state index contributed by atoms with van der Waals surface area (Å²) in [5.74, 6) is 1.25. The van der Waals surface area contributed by atoms with E-state index in [4.69, 9.17) is 13.9 Å². The van der Waals surface area contributed by atoms with E-state index in [-0.39, 0.29) is 11.8 Å². The first-order valence-electron chi connectivity index (χ1n) is 10.5. The molecular weight excluding hydrogens is 412 g/mol. The summed E-state index contributed by atoms with van der Waals surface area (Å²) in [7, 11) is 1.63. The zero-order valence-electron chi connectivity index (χ0n) is 18.0. The number of hydrogen-bond donors (Lipinski definition) is 0. The van der Waals surface area contributed by atoms with Crippen LogP contribution in [0.2, 0.25) is 0 Å². The molecule has 2 aliphatic heterocycles. The minimum atomic E-state index is -0.0548. The lowest BCUT2D eigenvalue weighted by atomic mass is 10.1. The molecule has 0 spiro atoms. The number of aromatic nitrogens is 4. The van der Waals surface area contributed by atoms with Gasteiger partial charge in [0.25, 0.3) is 6.01 Å². The van der Waals surface area contributed by atoms with E-state index in [9.17, 15) is 4.79 Å². The second kappa shape index (κ2) is 8.45. The topological polar surface area (TPSA) is 107 Å². The molecule has 1 saturated heterocycles. The number of hydrogen-bond acceptors (Lipinski definition) is 10. The molecule has 3 aromatic heterocycles. The van der Waals surface area contributed by atoms with E-state index in [0.29, 0.717) is 37.2 Å². The van der Waals surface area contributed by atoms with Crippen LogP contribution in [-0.4, -0.2) is 59.1 Å². The van der Waals surface area contributed by atoms with E-state index >= 15 is 0 Å². The number of oxazole rings is 1. The van der Waals surface area contributed by atoms with Crippen molar-refractivity contribution >= 4 is 18.0 Å². The number of aryl methyl sites for hydroxylation is 1. The van der Waals surface area contributed by atoms with E-state index in [1.54, 1.807) is 13.4 Å². The quantitative estimate of drug-likeness (QED) is 0.534. The number of ether oxygens (including phenoxy) is 2. The van der Waals surface area contributed by atoms with E-state index < -0.39 is 0 Å². The highest BCUT2D eigenvalue weighted by molar-refractivity contribution is 5.71. The third kappa shape index (κ3) is 3.83. The van der Waals surface area contributed by atoms with Crippen molar-refractivity contribution in [1.29, 1.82) is 0 Å². The second-order valence-corrected chi connectivity index (χ2v) is 7.94. The maximum Gasteiger partial charge on any atom is 0.297 e. The van der Waals surface area contributed by atoms with Gasteiger partial charge in [-0.1, -0.05) is 0 Å². The van der Waals surface area contributed by atoms with Crippen molar-refractivity contribution in [2.24, 2.45) is 0 Å². The average Bonchev–Trinajstić information content (AvgIpc) is 3.48. The number of aldehydes is 1. The van der Waals surface area contributed by atoms with Crippen molar-refractivity contribution in [1.82, 2.24) is 19.9 Å². The van der Waals surface area contributed by atoms with Gasteiger partial charge in [0.15, 0.2) is 6.29 Å². The fourth-order valence-electron chi connectivity index (χ4n) is 4.20. The normalized spacial score (nSPS) is 17.9. The Morgan fingerprint density at radius 3 is 2.88 bits per heavy atom. The Balaban J connectivity index is 1.31. The molecule has 1 atom stereocenters. The van der Waals surface area contributed by atoms with Crippen molar-refractivity contribution in [3.63, 3.8) is 0 Å². The van der Waals surface area contributed by atoms with E-state index in [0.717, 1.165) is 48.4 Å². The fourth-order valence-corrected chi connectivity index (χ4v) is 4.20. The van der Waals surface area contributed by atoms with Gasteiger partial charge in [0.2, 0.25) is 11.8 Å². The number of carbonyl (C=O) groups excluding carboxylic acids is 1. The van der Waals surface area contributed by atoms with E-state index in [1.807, 2.05) is 18.0 Å². The maximum absolute atomic E-state index is 10.9. The lowest BCUT2D eigenvalue weighted by Crippen LogP contribution is -2.32. The molecule has 32 heavy (non-hydrogen) atoms. The van der Waals surface area contributed by atoms with Crippen LogP contribution in [0, 0.1) is 6.92 Å². The summed E-state index contributed by atoms with van der Waals surface area (Å²) >= 11 is 0. The first-order valence-corrected chi connectivity index (χ1v) is 10.5. The predicted molar refractivity (Wildman–Crippen MR) is 115 cm³/mol. The lowest BCUT2D eigenvalue weighted by molar-refractivity contribution is 0.111. The molecule has 2 aliphatic rings. The molecule has 0 aromatic carbocycles. The van der Waals surface area contributed by atoms with Crippen LogP contribution in [0.4, 0.5) is 11.7 Å². The van der Waals surface area contributed by atoms with Crippen molar-refractivity contribution in [3.8, 4) is 11.8 Å². The Hall–Kier alpha value is -3.69. The largest absolute Gasteiger partial charge is 0.481 e. The summed E-state index contributed by atoms with van der Waals surface area (Å²) in [6.07, 6.45) is 7.00. The summed E-state index contributed by atoms with van der Waals surface area (Å²) in [4.78, 5) is 32.6. The maximum atomic E-state index is 10.9. The lowest BCUT2D eigenvalue weighted by Gasteiger charge is -2.31. The number of anilines is 2. The van der Waals surface area contributed by atoms with Crippen LogP contribution in [-0.2, 0) is 13.0 Å². The zero-order valence-corrected chi connectivity index (χ0v) is 18.0. The first-order chi connectivity index (χ1) is 15.6. The average molecular weight is 436 g/mol. The van der Waals surface area contributed by atoms with Crippen molar-refractivity contribution < 1.29 is 18.7 Å². The fraction of sp³-hybridized carbons (Fsp3) is 0.409. The molecule has 0 N–H and O–H groups in total. The molecule has 166 valence electrons. The molecule has 5 heterocycles. The van der Waals surface area contributed by atoms with Gasteiger partial charge < -0.3 is 23.7 Å². The molecule has 10 nitrogen and oxygen atoms in total. The SMILES string of the molecule is COc1ncc(N2CCc3ncnc(OC4CCN(c5nc(C=O)co5)C4)c3C2)cc1C. The smallest absolute Gasteiger partial charge is 0.297 e. The van der Waals surface area contributed by atoms with Gasteiger partial charge in [-0.15, -0.1) is 0 Å². The van der Waals surface area contributed by atoms with Gasteiger partial charge in [0.1, 0.15) is 24.4 Å². The van der Waals surface area contributed by atoms with E-state index in [2.05, 4.69) is 30.9 Å². The Morgan fingerprint density at radius 1 is 1.19 bits per heavy atom. The van der Waals surface area contributed by atoms with Gasteiger partial charge >= 0.3 is 0 Å². The number of pyridine rings is 1. The Labute approximate surface area is 185 Å². The van der Waals surface area contributed by atoms with Crippen LogP contribution < -0.4 is 19.3 Å². The highest BCUT2D eigenvalue weighted by Crippen LogP contribution is 2.31. The summed E-state index contributed by atoms with van der Waals surface area (Å²) in [6.45, 7) is 4.83. The molecule has 0 radical (unpaired) electrons. The second-order valence-electron chi connectivity index (χ2n) is 7.94. The molecule has 1 unspecified atom stereocenters. The van der Waals surface area contributed by atoms with E-state index in [1.165, 1.54) is 6.26 Å². The van der Waals surface area contributed by atoms with Crippen LogP contribution in [0.25, 0.3) is 0 Å². The molecule has 1 fully saturated rings. The molecule has 0 amide bonds. The third-order valence-electron chi connectivity index (χ3n) is 5.86. The molecule has 10 heteroatoms. The van der Waals surface area contributed by atoms with Gasteiger partial charge in [-0.3, -0.25) is 4.79 Å². The van der Waals surface area contributed by atoms with Gasteiger partial charge in [0, 0.05) is 31.5 Å². The molecule has 5 rings (SSSR count). The summed E-state index contributed by atoms with van der Waals surface area (Å²) < 4.78 is 17.0. The summed E-state index contributed by atoms with van der Waals surface area (Å²) in [5.41, 5.74) is 4.34. The van der Waals surface area contributed by atoms with Crippen LogP contribution >= 0.6 is 0 Å². The van der Waals surface area contributed by atoms with Crippen molar-refractivity contribution in [2.45, 2.75) is 32.4 Å². The van der Waals surface area contributed by atoms with Gasteiger partial charge in [-0.25, -0.2) is 15.0 Å². The van der Waals surface area contributed by atoms with Crippen LogP contribution in [0.3, 0.4) is 0 Å². The summed E-state index contributed by atoms with van der Waals surface area (Å²) in [6, 6.07) is 2.52. The zero-order chi connectivity index (χ0) is 22.1. The third-order valence-corrected chi connectivity index (χ3v) is 5.86. The van der Waals surface area contributed by atoms with Crippen molar-refractivity contribution in [2.75, 3.05) is 36.5 Å². The number of rotatable bonds is 6. The molecule has 3 aromatic rings. The van der Waals surface area contributed by atoms with Gasteiger partial charge in [0.05, 0.1) is 43.3 Å². The highest BCUT2D eigenvalue weighted by Gasteiger charge is 2.30. The minimum Gasteiger partial charge on any atom is -0.481 e. The van der Waals surface area contributed by atoms with Crippen LogP contribution in [0.15, 0.2) is 29.3 Å². The monoisotopic (exact) mass is 436 g/mol. The number of nitrogens with zero attached hydrogens (tertiary/aromatic N) is 6. The summed E-state index contributed by atoms with van der Waals surface area (Å²) in [5, 5.41) is 0. The minimum absolute atomic E-state index is 0.0548. The number of carbonyl (C=O) groups is 1. The molecule has 0 saturated carbocycles. The molecular formula is C22H24N6O4. The van der Waals surface area contributed by atoms with Gasteiger partial charge in [-0.05, 0) is 13.0 Å². The van der Waals surface area contributed by atoms with Crippen molar-refractivity contribution in [3.05, 3.63) is 47.4 Å². The number of methoxy groups -OCH3 is 1. The highest BCUT2D eigenvalue weighted by atomic mass is 16.5. The van der Waals surface area contributed by atoms with Crippen LogP contribution in [0.5, 0.6) is 11.8 Å². The molecule has 0 aliphatic carbocycles.